The summed E-state index contributed by atoms with van der Waals surface area (Å²) < 4.78 is 0. The molecule has 14 heavy (non-hydrogen) atoms. The van der Waals surface area contributed by atoms with Gasteiger partial charge in [-0.05, 0) is 13.0 Å². The van der Waals surface area contributed by atoms with Crippen LogP contribution < -0.4 is 11.1 Å². The first kappa shape index (κ1) is 13.3. The van der Waals surface area contributed by atoms with Crippen LogP contribution in [0.1, 0.15) is 17.4 Å². The molecular formula is C8H13Cl2N3O. The Morgan fingerprint density at radius 1 is 1.79 bits per heavy atom. The number of hydrogen-bond donors (Lipinski definition) is 3. The molecule has 4 nitrogen and oxygen atoms in total. The maximum Gasteiger partial charge on any atom is 0.267 e. The van der Waals surface area contributed by atoms with Crippen molar-refractivity contribution in [3.63, 3.8) is 0 Å². The van der Waals surface area contributed by atoms with Crippen LogP contribution in [0.2, 0.25) is 5.02 Å². The standard InChI is InChI=1S/C8H12ClN3O.ClH/c1-5(3-10)12-8(13)7-2-6(9)4-11-7;/h2,4-5,11H,3,10H2,1H3,(H,12,13);1H/t5-;/m0./s1. The number of aromatic amines is 1. The van der Waals surface area contributed by atoms with Gasteiger partial charge in [0.2, 0.25) is 0 Å². The molecule has 0 aliphatic heterocycles. The average Bonchev–Trinajstić information content (AvgIpc) is 2.51. The van der Waals surface area contributed by atoms with Crippen molar-refractivity contribution in [1.82, 2.24) is 10.3 Å². The third-order valence-electron chi connectivity index (χ3n) is 1.62. The molecule has 0 unspecified atom stereocenters. The van der Waals surface area contributed by atoms with Crippen LogP contribution in [0, 0.1) is 0 Å². The molecule has 0 fully saturated rings. The van der Waals surface area contributed by atoms with Gasteiger partial charge in [0.25, 0.3) is 5.91 Å². The first-order valence-corrected chi connectivity index (χ1v) is 4.36. The number of aromatic nitrogens is 1. The van der Waals surface area contributed by atoms with E-state index in [1.807, 2.05) is 6.92 Å². The maximum atomic E-state index is 11.4. The van der Waals surface area contributed by atoms with Crippen molar-refractivity contribution in [2.24, 2.45) is 5.73 Å². The minimum atomic E-state index is -0.190. The number of carbonyl (C=O) groups is 1. The van der Waals surface area contributed by atoms with Crippen molar-refractivity contribution >= 4 is 29.9 Å². The van der Waals surface area contributed by atoms with Crippen LogP contribution in [0.15, 0.2) is 12.3 Å². The molecule has 0 spiro atoms. The van der Waals surface area contributed by atoms with Crippen molar-refractivity contribution in [2.45, 2.75) is 13.0 Å². The van der Waals surface area contributed by atoms with Crippen LogP contribution in [0.3, 0.4) is 0 Å². The molecule has 0 radical (unpaired) electrons. The van der Waals surface area contributed by atoms with E-state index in [1.54, 1.807) is 12.3 Å². The Kier molecular flexibility index (Phi) is 5.60. The molecule has 0 saturated carbocycles. The Morgan fingerprint density at radius 3 is 2.86 bits per heavy atom. The zero-order valence-corrected chi connectivity index (χ0v) is 9.28. The second-order valence-corrected chi connectivity index (χ2v) is 3.28. The Hall–Kier alpha value is -0.710. The quantitative estimate of drug-likeness (QED) is 0.739. The average molecular weight is 238 g/mol. The largest absolute Gasteiger partial charge is 0.356 e. The molecule has 6 heteroatoms. The molecule has 1 rings (SSSR count). The van der Waals surface area contributed by atoms with Crippen LogP contribution in [0.5, 0.6) is 0 Å². The van der Waals surface area contributed by atoms with Gasteiger partial charge in [0.15, 0.2) is 0 Å². The number of halogens is 2. The predicted octanol–water partition coefficient (Wildman–Crippen LogP) is 1.17. The van der Waals surface area contributed by atoms with E-state index < -0.39 is 0 Å². The van der Waals surface area contributed by atoms with Crippen LogP contribution in [-0.4, -0.2) is 23.5 Å². The van der Waals surface area contributed by atoms with E-state index >= 15 is 0 Å². The summed E-state index contributed by atoms with van der Waals surface area (Å²) in [6, 6.07) is 1.54. The van der Waals surface area contributed by atoms with Crippen molar-refractivity contribution in [3.8, 4) is 0 Å². The molecule has 0 aromatic carbocycles. The second kappa shape index (κ2) is 5.90. The number of rotatable bonds is 3. The lowest BCUT2D eigenvalue weighted by molar-refractivity contribution is 0.0937. The summed E-state index contributed by atoms with van der Waals surface area (Å²) in [4.78, 5) is 14.1. The van der Waals surface area contributed by atoms with E-state index in [2.05, 4.69) is 10.3 Å². The van der Waals surface area contributed by atoms with Crippen LogP contribution in [0.4, 0.5) is 0 Å². The third kappa shape index (κ3) is 3.57. The summed E-state index contributed by atoms with van der Waals surface area (Å²) in [7, 11) is 0. The van der Waals surface area contributed by atoms with Crippen molar-refractivity contribution in [3.05, 3.63) is 23.0 Å². The van der Waals surface area contributed by atoms with Crippen LogP contribution in [0.25, 0.3) is 0 Å². The molecule has 1 atom stereocenters. The molecule has 0 aliphatic carbocycles. The molecule has 4 N–H and O–H groups in total. The minimum absolute atomic E-state index is 0. The highest BCUT2D eigenvalue weighted by Crippen LogP contribution is 2.09. The van der Waals surface area contributed by atoms with Gasteiger partial charge in [-0.1, -0.05) is 11.6 Å². The van der Waals surface area contributed by atoms with E-state index in [-0.39, 0.29) is 24.4 Å². The zero-order valence-electron chi connectivity index (χ0n) is 7.71. The van der Waals surface area contributed by atoms with Gasteiger partial charge < -0.3 is 16.0 Å². The van der Waals surface area contributed by atoms with Crippen LogP contribution in [-0.2, 0) is 0 Å². The summed E-state index contributed by atoms with van der Waals surface area (Å²) in [5, 5.41) is 3.22. The number of carbonyl (C=O) groups excluding carboxylic acids is 1. The maximum absolute atomic E-state index is 11.4. The second-order valence-electron chi connectivity index (χ2n) is 2.84. The highest BCUT2D eigenvalue weighted by molar-refractivity contribution is 6.30. The normalized spacial score (nSPS) is 11.6. The van der Waals surface area contributed by atoms with Gasteiger partial charge >= 0.3 is 0 Å². The van der Waals surface area contributed by atoms with Gasteiger partial charge in [-0.25, -0.2) is 0 Å². The summed E-state index contributed by atoms with van der Waals surface area (Å²) >= 11 is 5.64. The molecule has 1 heterocycles. The molecular weight excluding hydrogens is 225 g/mol. The SMILES string of the molecule is C[C@@H](CN)NC(=O)c1cc(Cl)c[nH]1.Cl. The predicted molar refractivity (Wildman–Crippen MR) is 59.0 cm³/mol. The van der Waals surface area contributed by atoms with Crippen molar-refractivity contribution in [1.29, 1.82) is 0 Å². The zero-order chi connectivity index (χ0) is 9.84. The lowest BCUT2D eigenvalue weighted by atomic mass is 10.3. The summed E-state index contributed by atoms with van der Waals surface area (Å²) in [5.74, 6) is -0.190. The first-order valence-electron chi connectivity index (χ1n) is 3.98. The summed E-state index contributed by atoms with van der Waals surface area (Å²) in [6.45, 7) is 2.25. The van der Waals surface area contributed by atoms with E-state index in [4.69, 9.17) is 17.3 Å². The molecule has 1 aromatic heterocycles. The smallest absolute Gasteiger partial charge is 0.267 e. The number of hydrogen-bond acceptors (Lipinski definition) is 2. The number of nitrogens with two attached hydrogens (primary N) is 1. The van der Waals surface area contributed by atoms with Gasteiger partial charge in [-0.15, -0.1) is 12.4 Å². The highest BCUT2D eigenvalue weighted by atomic mass is 35.5. The topological polar surface area (TPSA) is 70.9 Å². The van der Waals surface area contributed by atoms with Crippen LogP contribution >= 0.6 is 24.0 Å². The monoisotopic (exact) mass is 237 g/mol. The van der Waals surface area contributed by atoms with E-state index in [0.29, 0.717) is 17.3 Å². The number of nitrogens with one attached hydrogen (secondary N) is 2. The van der Waals surface area contributed by atoms with Gasteiger partial charge in [0, 0.05) is 18.8 Å². The summed E-state index contributed by atoms with van der Waals surface area (Å²) in [5.41, 5.74) is 5.80. The molecule has 0 saturated heterocycles. The third-order valence-corrected chi connectivity index (χ3v) is 1.84. The van der Waals surface area contributed by atoms with Gasteiger partial charge in [-0.3, -0.25) is 4.79 Å². The van der Waals surface area contributed by atoms with Gasteiger partial charge in [-0.2, -0.15) is 0 Å². The summed E-state index contributed by atoms with van der Waals surface area (Å²) in [6.07, 6.45) is 1.56. The van der Waals surface area contributed by atoms with Gasteiger partial charge in [0.05, 0.1) is 5.02 Å². The Balaban J connectivity index is 0.00000169. The Bertz CT molecular complexity index is 301. The molecule has 80 valence electrons. The van der Waals surface area contributed by atoms with Gasteiger partial charge in [0.1, 0.15) is 5.69 Å². The lowest BCUT2D eigenvalue weighted by Crippen LogP contribution is -2.37. The number of H-pyrrole nitrogens is 1. The fourth-order valence-electron chi connectivity index (χ4n) is 0.859. The minimum Gasteiger partial charge on any atom is -0.356 e. The Morgan fingerprint density at radius 2 is 2.43 bits per heavy atom. The molecule has 0 bridgehead atoms. The fourth-order valence-corrected chi connectivity index (χ4v) is 1.02. The molecule has 1 aromatic rings. The van der Waals surface area contributed by atoms with E-state index in [1.165, 1.54) is 0 Å². The lowest BCUT2D eigenvalue weighted by Gasteiger charge is -2.09. The van der Waals surface area contributed by atoms with E-state index in [0.717, 1.165) is 0 Å². The van der Waals surface area contributed by atoms with E-state index in [9.17, 15) is 4.79 Å². The highest BCUT2D eigenvalue weighted by Gasteiger charge is 2.09. The van der Waals surface area contributed by atoms with Crippen molar-refractivity contribution < 1.29 is 4.79 Å². The molecule has 1 amide bonds. The fraction of sp³-hybridized carbons (Fsp3) is 0.375. The molecule has 0 aliphatic rings. The van der Waals surface area contributed by atoms with Crippen molar-refractivity contribution in [2.75, 3.05) is 6.54 Å². The number of amides is 1. The Labute approximate surface area is 93.6 Å². The first-order chi connectivity index (χ1) is 6.13.